The highest BCUT2D eigenvalue weighted by molar-refractivity contribution is 7.99. The molecular formula is C9H14N2S2. The van der Waals surface area contributed by atoms with Crippen molar-refractivity contribution in [1.82, 2.24) is 0 Å². The lowest BCUT2D eigenvalue weighted by Crippen LogP contribution is -1.92. The third kappa shape index (κ3) is 3.40. The number of nitrogens with two attached hydrogens (primary N) is 1. The first-order valence-corrected chi connectivity index (χ1v) is 6.55. The highest BCUT2D eigenvalue weighted by atomic mass is 32.2. The Bertz CT molecular complexity index is 252. The maximum atomic E-state index is 5.76. The molecule has 0 saturated carbocycles. The second-order valence-electron chi connectivity index (χ2n) is 2.70. The zero-order chi connectivity index (χ0) is 9.68. The fraction of sp³-hybridized carbons (Fsp3) is 0.333. The Morgan fingerprint density at radius 1 is 1.31 bits per heavy atom. The maximum absolute atomic E-state index is 5.76. The summed E-state index contributed by atoms with van der Waals surface area (Å²) in [5.74, 6) is 1.01. The minimum absolute atomic E-state index is 0.822. The summed E-state index contributed by atoms with van der Waals surface area (Å²) in [6.07, 6.45) is 4.09. The Balaban J connectivity index is 2.83. The SMILES string of the molecule is CSCc1cc(N)cc(NSC)c1. The van der Waals surface area contributed by atoms with Crippen molar-refractivity contribution in [1.29, 1.82) is 0 Å². The van der Waals surface area contributed by atoms with E-state index in [1.807, 2.05) is 18.4 Å². The fourth-order valence-corrected chi connectivity index (χ4v) is 2.00. The summed E-state index contributed by atoms with van der Waals surface area (Å²) in [5, 5.41) is 0. The quantitative estimate of drug-likeness (QED) is 0.597. The summed E-state index contributed by atoms with van der Waals surface area (Å²) in [5.41, 5.74) is 8.93. The molecule has 0 aliphatic carbocycles. The summed E-state index contributed by atoms with van der Waals surface area (Å²) in [6.45, 7) is 0. The molecule has 0 aliphatic rings. The van der Waals surface area contributed by atoms with Crippen molar-refractivity contribution in [3.8, 4) is 0 Å². The number of rotatable bonds is 4. The second kappa shape index (κ2) is 5.29. The Morgan fingerprint density at radius 3 is 2.69 bits per heavy atom. The zero-order valence-corrected chi connectivity index (χ0v) is 9.47. The van der Waals surface area contributed by atoms with E-state index in [1.54, 1.807) is 23.7 Å². The van der Waals surface area contributed by atoms with E-state index in [2.05, 4.69) is 17.0 Å². The first kappa shape index (κ1) is 10.6. The summed E-state index contributed by atoms with van der Waals surface area (Å²) in [6, 6.07) is 6.09. The molecule has 0 atom stereocenters. The van der Waals surface area contributed by atoms with Crippen LogP contribution in [0.25, 0.3) is 0 Å². The van der Waals surface area contributed by atoms with Gasteiger partial charge in [0.25, 0.3) is 0 Å². The van der Waals surface area contributed by atoms with Crippen LogP contribution in [0, 0.1) is 0 Å². The van der Waals surface area contributed by atoms with E-state index in [-0.39, 0.29) is 0 Å². The largest absolute Gasteiger partial charge is 0.399 e. The average Bonchev–Trinajstić information content (AvgIpc) is 2.04. The highest BCUT2D eigenvalue weighted by Gasteiger charge is 1.97. The van der Waals surface area contributed by atoms with E-state index in [9.17, 15) is 0 Å². The third-order valence-electron chi connectivity index (χ3n) is 1.55. The van der Waals surface area contributed by atoms with Crippen LogP contribution in [0.1, 0.15) is 5.56 Å². The smallest absolute Gasteiger partial charge is 0.0463 e. The number of nitrogen functional groups attached to an aromatic ring is 1. The summed E-state index contributed by atoms with van der Waals surface area (Å²) in [7, 11) is 0. The monoisotopic (exact) mass is 214 g/mol. The van der Waals surface area contributed by atoms with Gasteiger partial charge in [-0.25, -0.2) is 0 Å². The lowest BCUT2D eigenvalue weighted by atomic mass is 10.2. The van der Waals surface area contributed by atoms with Gasteiger partial charge in [-0.1, -0.05) is 11.9 Å². The Labute approximate surface area is 87.8 Å². The van der Waals surface area contributed by atoms with E-state index in [0.717, 1.165) is 17.1 Å². The Morgan fingerprint density at radius 2 is 2.08 bits per heavy atom. The number of anilines is 2. The summed E-state index contributed by atoms with van der Waals surface area (Å²) >= 11 is 3.38. The predicted octanol–water partition coefficient (Wildman–Crippen LogP) is 2.82. The Hall–Kier alpha value is -0.480. The summed E-state index contributed by atoms with van der Waals surface area (Å²) < 4.78 is 3.17. The van der Waals surface area contributed by atoms with Crippen LogP contribution in [0.4, 0.5) is 11.4 Å². The Kier molecular flexibility index (Phi) is 4.32. The van der Waals surface area contributed by atoms with E-state index in [0.29, 0.717) is 0 Å². The van der Waals surface area contributed by atoms with Gasteiger partial charge in [-0.2, -0.15) is 11.8 Å². The molecule has 3 N–H and O–H groups in total. The molecule has 1 rings (SSSR count). The number of benzene rings is 1. The van der Waals surface area contributed by atoms with E-state index < -0.39 is 0 Å². The molecule has 0 aliphatic heterocycles. The lowest BCUT2D eigenvalue weighted by molar-refractivity contribution is 1.42. The normalized spacial score (nSPS) is 10.0. The number of hydrogen-bond acceptors (Lipinski definition) is 4. The molecule has 4 heteroatoms. The van der Waals surface area contributed by atoms with Gasteiger partial charge in [-0.05, 0) is 30.0 Å². The fourth-order valence-electron chi connectivity index (χ4n) is 1.15. The van der Waals surface area contributed by atoms with Crippen molar-refractivity contribution >= 4 is 35.1 Å². The van der Waals surface area contributed by atoms with Crippen LogP contribution in [0.5, 0.6) is 0 Å². The molecule has 13 heavy (non-hydrogen) atoms. The molecule has 0 unspecified atom stereocenters. The molecule has 0 aromatic heterocycles. The van der Waals surface area contributed by atoms with Crippen LogP contribution < -0.4 is 10.5 Å². The van der Waals surface area contributed by atoms with Crippen LogP contribution in [0.3, 0.4) is 0 Å². The maximum Gasteiger partial charge on any atom is 0.0463 e. The van der Waals surface area contributed by atoms with Gasteiger partial charge in [-0.3, -0.25) is 0 Å². The van der Waals surface area contributed by atoms with E-state index in [1.165, 1.54) is 5.56 Å². The lowest BCUT2D eigenvalue weighted by Gasteiger charge is -2.06. The average molecular weight is 214 g/mol. The topological polar surface area (TPSA) is 38.0 Å². The molecule has 0 amide bonds. The van der Waals surface area contributed by atoms with Gasteiger partial charge in [-0.15, -0.1) is 0 Å². The molecule has 0 fully saturated rings. The van der Waals surface area contributed by atoms with Gasteiger partial charge in [0, 0.05) is 23.4 Å². The highest BCUT2D eigenvalue weighted by Crippen LogP contribution is 2.21. The zero-order valence-electron chi connectivity index (χ0n) is 7.83. The molecule has 0 spiro atoms. The van der Waals surface area contributed by atoms with Crippen LogP contribution >= 0.6 is 23.7 Å². The van der Waals surface area contributed by atoms with Gasteiger partial charge >= 0.3 is 0 Å². The molecule has 0 radical (unpaired) electrons. The molecule has 72 valence electrons. The molecule has 1 aromatic rings. The van der Waals surface area contributed by atoms with Crippen molar-refractivity contribution in [2.45, 2.75) is 5.75 Å². The van der Waals surface area contributed by atoms with Crippen molar-refractivity contribution in [3.05, 3.63) is 23.8 Å². The van der Waals surface area contributed by atoms with Crippen molar-refractivity contribution in [2.24, 2.45) is 0 Å². The minimum Gasteiger partial charge on any atom is -0.399 e. The second-order valence-corrected chi connectivity index (χ2v) is 4.18. The standard InChI is InChI=1S/C9H14N2S2/c1-12-6-7-3-8(10)5-9(4-7)11-13-2/h3-5,11H,6,10H2,1-2H3. The van der Waals surface area contributed by atoms with Crippen molar-refractivity contribution in [2.75, 3.05) is 23.0 Å². The summed E-state index contributed by atoms with van der Waals surface area (Å²) in [4.78, 5) is 0. The van der Waals surface area contributed by atoms with Crippen molar-refractivity contribution < 1.29 is 0 Å². The molecule has 0 heterocycles. The van der Waals surface area contributed by atoms with Gasteiger partial charge in [0.1, 0.15) is 0 Å². The van der Waals surface area contributed by atoms with Gasteiger partial charge in [0.15, 0.2) is 0 Å². The van der Waals surface area contributed by atoms with Crippen LogP contribution in [-0.2, 0) is 5.75 Å². The molecule has 0 bridgehead atoms. The van der Waals surface area contributed by atoms with Gasteiger partial charge in [0.05, 0.1) is 0 Å². The van der Waals surface area contributed by atoms with Crippen LogP contribution in [-0.4, -0.2) is 12.5 Å². The van der Waals surface area contributed by atoms with Gasteiger partial charge < -0.3 is 10.5 Å². The molecule has 2 nitrogen and oxygen atoms in total. The number of thioether (sulfide) groups is 1. The first-order valence-electron chi connectivity index (χ1n) is 3.93. The minimum atomic E-state index is 0.822. The first-order chi connectivity index (χ1) is 6.26. The molecular weight excluding hydrogens is 200 g/mol. The van der Waals surface area contributed by atoms with Crippen molar-refractivity contribution in [3.63, 3.8) is 0 Å². The van der Waals surface area contributed by atoms with Crippen LogP contribution in [0.15, 0.2) is 18.2 Å². The van der Waals surface area contributed by atoms with E-state index >= 15 is 0 Å². The molecule has 1 aromatic carbocycles. The predicted molar refractivity (Wildman–Crippen MR) is 65.2 cm³/mol. The third-order valence-corrected chi connectivity index (χ3v) is 2.61. The number of hydrogen-bond donors (Lipinski definition) is 2. The van der Waals surface area contributed by atoms with Gasteiger partial charge in [0.2, 0.25) is 0 Å². The van der Waals surface area contributed by atoms with Crippen LogP contribution in [0.2, 0.25) is 0 Å². The number of nitrogens with one attached hydrogen (secondary N) is 1. The van der Waals surface area contributed by atoms with E-state index in [4.69, 9.17) is 5.73 Å². The molecule has 0 saturated heterocycles.